The van der Waals surface area contributed by atoms with Crippen LogP contribution in [0.15, 0.2) is 78.0 Å². The van der Waals surface area contributed by atoms with Crippen LogP contribution in [-0.4, -0.2) is 105 Å². The van der Waals surface area contributed by atoms with E-state index in [1.54, 1.807) is 30.5 Å². The highest BCUT2D eigenvalue weighted by molar-refractivity contribution is 5.96. The van der Waals surface area contributed by atoms with E-state index in [2.05, 4.69) is 36.6 Å². The first kappa shape index (κ1) is 44.6. The number of aromatic nitrogens is 3. The fourth-order valence-corrected chi connectivity index (χ4v) is 6.95. The molecule has 17 heteroatoms. The number of amides is 6. The van der Waals surface area contributed by atoms with Gasteiger partial charge in [0.15, 0.2) is 0 Å². The zero-order chi connectivity index (χ0) is 43.5. The van der Waals surface area contributed by atoms with Gasteiger partial charge in [0, 0.05) is 54.9 Å². The lowest BCUT2D eigenvalue weighted by molar-refractivity contribution is -0.139. The fourth-order valence-electron chi connectivity index (χ4n) is 6.95. The quantitative estimate of drug-likeness (QED) is 0.135. The van der Waals surface area contributed by atoms with Crippen molar-refractivity contribution in [2.24, 2.45) is 11.8 Å². The maximum absolute atomic E-state index is 14.4. The Balaban J connectivity index is 1.54. The monoisotopic (exact) mass is 825 g/mol. The van der Waals surface area contributed by atoms with E-state index in [-0.39, 0.29) is 37.6 Å². The number of methoxy groups -OCH3 is 1. The van der Waals surface area contributed by atoms with E-state index in [0.29, 0.717) is 11.3 Å². The summed E-state index contributed by atoms with van der Waals surface area (Å²) in [5, 5.41) is 14.9. The molecule has 1 aliphatic heterocycles. The topological polar surface area (TPSA) is 226 Å². The number of nitrogens with one attached hydrogen (secondary N) is 6. The number of hydrogen-bond donors (Lipinski definition) is 6. The van der Waals surface area contributed by atoms with Crippen molar-refractivity contribution in [2.75, 3.05) is 20.2 Å². The molecule has 0 unspecified atom stereocenters. The Morgan fingerprint density at radius 1 is 0.800 bits per heavy atom. The van der Waals surface area contributed by atoms with Crippen molar-refractivity contribution in [3.05, 3.63) is 94.8 Å². The van der Waals surface area contributed by atoms with Gasteiger partial charge < -0.3 is 41.2 Å². The van der Waals surface area contributed by atoms with Crippen LogP contribution in [0.2, 0.25) is 0 Å². The zero-order valence-corrected chi connectivity index (χ0v) is 34.8. The minimum atomic E-state index is -1.23. The van der Waals surface area contributed by atoms with Gasteiger partial charge in [-0.3, -0.25) is 33.3 Å². The summed E-state index contributed by atoms with van der Waals surface area (Å²) in [6, 6.07) is 10.6. The van der Waals surface area contributed by atoms with Crippen LogP contribution in [0.3, 0.4) is 0 Å². The van der Waals surface area contributed by atoms with Gasteiger partial charge in [0.25, 0.3) is 0 Å². The minimum absolute atomic E-state index is 0.0156. The Hall–Kier alpha value is -6.52. The molecule has 6 amide bonds. The Labute approximate surface area is 348 Å². The summed E-state index contributed by atoms with van der Waals surface area (Å²) in [5.41, 5.74) is 1.56. The molecule has 1 saturated heterocycles. The third-order valence-electron chi connectivity index (χ3n) is 10.4. The summed E-state index contributed by atoms with van der Waals surface area (Å²) in [4.78, 5) is 105. The number of H-pyrrole nitrogens is 1. The van der Waals surface area contributed by atoms with E-state index in [1.165, 1.54) is 37.4 Å². The third kappa shape index (κ3) is 12.0. The van der Waals surface area contributed by atoms with Gasteiger partial charge in [-0.15, -0.1) is 0 Å². The number of aromatic amines is 1. The lowest BCUT2D eigenvalue weighted by Crippen LogP contribution is -2.60. The van der Waals surface area contributed by atoms with Crippen molar-refractivity contribution in [3.63, 3.8) is 0 Å². The van der Waals surface area contributed by atoms with Crippen LogP contribution in [-0.2, 0) is 48.2 Å². The first-order chi connectivity index (χ1) is 28.6. The summed E-state index contributed by atoms with van der Waals surface area (Å²) >= 11 is 0. The number of nitrogens with zero attached hydrogens (tertiary/aromatic N) is 3. The SMILES string of the molecule is COc1ccc(C[C@@H]2NC(=O)[C@H](CC(C)C)NC(=O)[C@@H](Cc3c[nH]c4ccccc34)NC(=O)CN(C(=O)Cn3cccnc3=O)C[C@H](C(C)C)NC(=O)[C@@H](C)NC2=O)cc1. The first-order valence-corrected chi connectivity index (χ1v) is 20.1. The Morgan fingerprint density at radius 2 is 1.47 bits per heavy atom. The molecule has 2 aromatic carbocycles. The van der Waals surface area contributed by atoms with Gasteiger partial charge in [-0.1, -0.05) is 58.0 Å². The molecule has 0 aliphatic carbocycles. The lowest BCUT2D eigenvalue weighted by Gasteiger charge is -2.32. The molecule has 5 rings (SSSR count). The summed E-state index contributed by atoms with van der Waals surface area (Å²) in [6.45, 7) is 7.76. The number of para-hydroxylation sites is 1. The maximum Gasteiger partial charge on any atom is 0.347 e. The molecule has 1 fully saturated rings. The van der Waals surface area contributed by atoms with E-state index in [9.17, 15) is 33.6 Å². The number of carbonyl (C=O) groups is 6. The number of rotatable bonds is 10. The van der Waals surface area contributed by atoms with Crippen molar-refractivity contribution in [1.82, 2.24) is 46.0 Å². The molecule has 6 N–H and O–H groups in total. The second-order valence-corrected chi connectivity index (χ2v) is 15.9. The van der Waals surface area contributed by atoms with E-state index < -0.39 is 84.4 Å². The molecule has 1 aliphatic rings. The van der Waals surface area contributed by atoms with Crippen LogP contribution in [0.4, 0.5) is 0 Å². The summed E-state index contributed by atoms with van der Waals surface area (Å²) in [5.74, 6) is -3.58. The van der Waals surface area contributed by atoms with E-state index in [1.807, 2.05) is 52.0 Å². The van der Waals surface area contributed by atoms with Crippen LogP contribution in [0.1, 0.15) is 52.2 Å². The minimum Gasteiger partial charge on any atom is -0.497 e. The van der Waals surface area contributed by atoms with Crippen molar-refractivity contribution < 1.29 is 33.5 Å². The standard InChI is InChI=1S/C43H55N9O8/c1-25(2)18-33-41(57)49-34(19-28-12-14-30(60-6)15-13-28)40(56)46-27(5)39(55)50-36(26(3)4)22-52(38(54)24-51-17-9-16-44-43(51)59)23-37(53)47-35(42(58)48-33)20-29-21-45-32-11-8-7-10-31(29)32/h7-17,21,25-27,33-36,45H,18-20,22-24H2,1-6H3,(H,46,56)(H,47,53)(H,48,58)(H,49,57)(H,50,55)/t27-,33+,34+,35-,36-/m1/s1. The molecule has 4 aromatic rings. The second-order valence-electron chi connectivity index (χ2n) is 15.9. The van der Waals surface area contributed by atoms with Crippen molar-refractivity contribution in [3.8, 4) is 5.75 Å². The van der Waals surface area contributed by atoms with E-state index >= 15 is 0 Å². The van der Waals surface area contributed by atoms with Gasteiger partial charge in [0.1, 0.15) is 36.5 Å². The number of carbonyl (C=O) groups excluding carboxylic acids is 6. The highest BCUT2D eigenvalue weighted by Gasteiger charge is 2.34. The zero-order valence-electron chi connectivity index (χ0n) is 34.8. The fraction of sp³-hybridized carbons (Fsp3) is 0.442. The van der Waals surface area contributed by atoms with Crippen molar-refractivity contribution in [2.45, 2.75) is 90.6 Å². The van der Waals surface area contributed by atoms with Gasteiger partial charge in [0.2, 0.25) is 35.4 Å². The molecule has 60 heavy (non-hydrogen) atoms. The van der Waals surface area contributed by atoms with Crippen LogP contribution >= 0.6 is 0 Å². The maximum atomic E-state index is 14.4. The van der Waals surface area contributed by atoms with Gasteiger partial charge in [0.05, 0.1) is 13.7 Å². The second kappa shape index (κ2) is 20.4. The smallest absolute Gasteiger partial charge is 0.347 e. The Bertz CT molecular complexity index is 2220. The lowest BCUT2D eigenvalue weighted by atomic mass is 9.99. The van der Waals surface area contributed by atoms with E-state index in [0.717, 1.165) is 21.0 Å². The summed E-state index contributed by atoms with van der Waals surface area (Å²) in [7, 11) is 1.53. The Morgan fingerprint density at radius 3 is 2.15 bits per heavy atom. The number of fused-ring (bicyclic) bond motifs is 1. The van der Waals surface area contributed by atoms with Crippen LogP contribution in [0, 0.1) is 11.8 Å². The molecule has 0 saturated carbocycles. The molecule has 0 radical (unpaired) electrons. The largest absolute Gasteiger partial charge is 0.497 e. The molecular formula is C43H55N9O8. The van der Waals surface area contributed by atoms with Gasteiger partial charge in [-0.25, -0.2) is 9.78 Å². The molecule has 320 valence electrons. The number of benzene rings is 2. The molecule has 0 bridgehead atoms. The first-order valence-electron chi connectivity index (χ1n) is 20.1. The third-order valence-corrected chi connectivity index (χ3v) is 10.4. The Kier molecular flexibility index (Phi) is 15.2. The van der Waals surface area contributed by atoms with Crippen molar-refractivity contribution >= 4 is 46.3 Å². The average molecular weight is 826 g/mol. The normalized spacial score (nSPS) is 21.4. The van der Waals surface area contributed by atoms with E-state index in [4.69, 9.17) is 4.74 Å². The molecular weight excluding hydrogens is 771 g/mol. The highest BCUT2D eigenvalue weighted by atomic mass is 16.5. The van der Waals surface area contributed by atoms with Crippen molar-refractivity contribution in [1.29, 1.82) is 0 Å². The van der Waals surface area contributed by atoms with Gasteiger partial charge in [-0.2, -0.15) is 0 Å². The summed E-state index contributed by atoms with van der Waals surface area (Å²) < 4.78 is 6.38. The predicted octanol–water partition coefficient (Wildman–Crippen LogP) is 1.21. The molecule has 5 atom stereocenters. The van der Waals surface area contributed by atoms with Gasteiger partial charge in [-0.05, 0) is 60.6 Å². The van der Waals surface area contributed by atoms with Gasteiger partial charge >= 0.3 is 5.69 Å². The number of hydrogen-bond acceptors (Lipinski definition) is 9. The van der Waals surface area contributed by atoms with Crippen LogP contribution < -0.4 is 37.0 Å². The van der Waals surface area contributed by atoms with Crippen LogP contribution in [0.5, 0.6) is 5.75 Å². The molecule has 17 nitrogen and oxygen atoms in total. The number of ether oxygens (including phenoxy) is 1. The molecule has 2 aromatic heterocycles. The average Bonchev–Trinajstić information content (AvgIpc) is 3.62. The highest BCUT2D eigenvalue weighted by Crippen LogP contribution is 2.20. The molecule has 3 heterocycles. The van der Waals surface area contributed by atoms with Crippen LogP contribution in [0.25, 0.3) is 10.9 Å². The molecule has 0 spiro atoms. The predicted molar refractivity (Wildman–Crippen MR) is 223 cm³/mol. The summed E-state index contributed by atoms with van der Waals surface area (Å²) in [6.07, 6.45) is 4.69.